The average Bonchev–Trinajstić information content (AvgIpc) is 2.72. The summed E-state index contributed by atoms with van der Waals surface area (Å²) in [5.74, 6) is 0.233. The molecule has 35 heavy (non-hydrogen) atoms. The van der Waals surface area contributed by atoms with E-state index >= 15 is 0 Å². The predicted molar refractivity (Wildman–Crippen MR) is 135 cm³/mol. The first-order chi connectivity index (χ1) is 16.3. The Hall–Kier alpha value is -3.72. The minimum absolute atomic E-state index is 0.233. The van der Waals surface area contributed by atoms with E-state index < -0.39 is 23.4 Å². The molecule has 0 aliphatic heterocycles. The molecule has 0 spiro atoms. The summed E-state index contributed by atoms with van der Waals surface area (Å²) >= 11 is 6.16. The summed E-state index contributed by atoms with van der Waals surface area (Å²) in [6, 6.07) is 10.1. The summed E-state index contributed by atoms with van der Waals surface area (Å²) in [6.45, 7) is 10.7. The maximum Gasteiger partial charge on any atom is 0.420 e. The van der Waals surface area contributed by atoms with Gasteiger partial charge in [0, 0.05) is 5.02 Å². The lowest BCUT2D eigenvalue weighted by Gasteiger charge is -2.27. The Labute approximate surface area is 209 Å². The fourth-order valence-corrected chi connectivity index (χ4v) is 3.07. The van der Waals surface area contributed by atoms with Crippen LogP contribution in [0.15, 0.2) is 55.0 Å². The molecule has 10 heteroatoms. The number of hydrogen-bond donors (Lipinski definition) is 1. The molecule has 0 bridgehead atoms. The zero-order valence-corrected chi connectivity index (χ0v) is 21.3. The number of rotatable bonds is 4. The molecule has 0 saturated carbocycles. The number of halogens is 1. The predicted octanol–water partition coefficient (Wildman–Crippen LogP) is 6.61. The van der Waals surface area contributed by atoms with E-state index in [4.69, 9.17) is 21.1 Å². The van der Waals surface area contributed by atoms with Crippen LogP contribution in [0.5, 0.6) is 0 Å². The SMILES string of the molecule is CC(C)(C)OC(=O)Nc1ccc(-c2cncc(N(C(=O)OC(C)(C)C)c3cccc(Cl)c3)n2)nc1. The molecule has 3 aromatic rings. The quantitative estimate of drug-likeness (QED) is 0.432. The molecule has 1 N–H and O–H groups in total. The molecule has 0 saturated heterocycles. The monoisotopic (exact) mass is 497 g/mol. The van der Waals surface area contributed by atoms with Crippen LogP contribution >= 0.6 is 11.6 Å². The number of anilines is 3. The van der Waals surface area contributed by atoms with E-state index in [1.165, 1.54) is 23.5 Å². The normalized spacial score (nSPS) is 11.5. The van der Waals surface area contributed by atoms with Gasteiger partial charge in [-0.2, -0.15) is 0 Å². The van der Waals surface area contributed by atoms with Crippen molar-refractivity contribution in [1.29, 1.82) is 0 Å². The summed E-state index contributed by atoms with van der Waals surface area (Å²) < 4.78 is 10.8. The minimum Gasteiger partial charge on any atom is -0.444 e. The molecule has 0 radical (unpaired) electrons. The van der Waals surface area contributed by atoms with Crippen molar-refractivity contribution < 1.29 is 19.1 Å². The number of carbonyl (C=O) groups is 2. The lowest BCUT2D eigenvalue weighted by Crippen LogP contribution is -2.34. The first-order valence-electron chi connectivity index (χ1n) is 10.9. The number of carbonyl (C=O) groups excluding carboxylic acids is 2. The van der Waals surface area contributed by atoms with Crippen LogP contribution in [0, 0.1) is 0 Å². The highest BCUT2D eigenvalue weighted by Crippen LogP contribution is 2.29. The molecule has 0 fully saturated rings. The lowest BCUT2D eigenvalue weighted by molar-refractivity contribution is 0.0595. The topological polar surface area (TPSA) is 107 Å². The van der Waals surface area contributed by atoms with Crippen molar-refractivity contribution in [3.63, 3.8) is 0 Å². The van der Waals surface area contributed by atoms with Crippen molar-refractivity contribution >= 4 is 41.0 Å². The molecule has 2 amide bonds. The summed E-state index contributed by atoms with van der Waals surface area (Å²) in [5.41, 5.74) is 0.504. The van der Waals surface area contributed by atoms with Gasteiger partial charge >= 0.3 is 12.2 Å². The standard InChI is InChI=1S/C25H28ClN5O4/c1-24(2,3)34-22(32)29-17-10-11-19(28-13-17)20-14-27-15-21(30-20)31(23(33)35-25(4,5)6)18-9-7-8-16(26)12-18/h7-15H,1-6H3,(H,29,32). The highest BCUT2D eigenvalue weighted by molar-refractivity contribution is 6.31. The van der Waals surface area contributed by atoms with Crippen molar-refractivity contribution in [1.82, 2.24) is 15.0 Å². The maximum atomic E-state index is 13.1. The molecule has 0 aliphatic carbocycles. The zero-order valence-electron chi connectivity index (χ0n) is 20.5. The Balaban J connectivity index is 1.90. The Kier molecular flexibility index (Phi) is 7.60. The van der Waals surface area contributed by atoms with Crippen molar-refractivity contribution in [2.75, 3.05) is 10.2 Å². The van der Waals surface area contributed by atoms with E-state index in [-0.39, 0.29) is 5.82 Å². The Bertz CT molecular complexity index is 1200. The van der Waals surface area contributed by atoms with E-state index in [1.807, 2.05) is 0 Å². The Morgan fingerprint density at radius 3 is 2.23 bits per heavy atom. The molecule has 0 aliphatic rings. The van der Waals surface area contributed by atoms with E-state index in [0.717, 1.165) is 0 Å². The smallest absolute Gasteiger partial charge is 0.420 e. The Morgan fingerprint density at radius 2 is 1.63 bits per heavy atom. The maximum absolute atomic E-state index is 13.1. The number of benzene rings is 1. The summed E-state index contributed by atoms with van der Waals surface area (Å²) in [7, 11) is 0. The highest BCUT2D eigenvalue weighted by atomic mass is 35.5. The third-order valence-electron chi connectivity index (χ3n) is 4.16. The molecule has 3 rings (SSSR count). The number of ether oxygens (including phenoxy) is 2. The number of hydrogen-bond acceptors (Lipinski definition) is 7. The molecule has 2 heterocycles. The minimum atomic E-state index is -0.725. The molecule has 184 valence electrons. The van der Waals surface area contributed by atoms with Crippen molar-refractivity contribution in [2.24, 2.45) is 0 Å². The molecular formula is C25H28ClN5O4. The van der Waals surface area contributed by atoms with Crippen LogP contribution < -0.4 is 10.2 Å². The third-order valence-corrected chi connectivity index (χ3v) is 4.40. The number of nitrogens with one attached hydrogen (secondary N) is 1. The largest absolute Gasteiger partial charge is 0.444 e. The van der Waals surface area contributed by atoms with Crippen LogP contribution in [0.3, 0.4) is 0 Å². The van der Waals surface area contributed by atoms with E-state index in [2.05, 4.69) is 20.3 Å². The Morgan fingerprint density at radius 1 is 0.914 bits per heavy atom. The third kappa shape index (κ3) is 7.65. The van der Waals surface area contributed by atoms with Gasteiger partial charge in [-0.05, 0) is 71.9 Å². The molecule has 9 nitrogen and oxygen atoms in total. The van der Waals surface area contributed by atoms with Gasteiger partial charge < -0.3 is 9.47 Å². The second-order valence-electron chi connectivity index (χ2n) is 9.62. The van der Waals surface area contributed by atoms with E-state index in [0.29, 0.717) is 27.8 Å². The van der Waals surface area contributed by atoms with Crippen LogP contribution in [0.25, 0.3) is 11.4 Å². The van der Waals surface area contributed by atoms with Crippen molar-refractivity contribution in [3.8, 4) is 11.4 Å². The van der Waals surface area contributed by atoms with E-state index in [1.54, 1.807) is 77.9 Å². The van der Waals surface area contributed by atoms with Gasteiger partial charge in [0.15, 0.2) is 5.82 Å². The molecule has 1 aromatic carbocycles. The van der Waals surface area contributed by atoms with Crippen LogP contribution in [0.2, 0.25) is 5.02 Å². The van der Waals surface area contributed by atoms with Gasteiger partial charge in [0.1, 0.15) is 16.9 Å². The van der Waals surface area contributed by atoms with Crippen LogP contribution in [0.1, 0.15) is 41.5 Å². The van der Waals surface area contributed by atoms with Crippen molar-refractivity contribution in [2.45, 2.75) is 52.7 Å². The zero-order chi connectivity index (χ0) is 25.8. The fraction of sp³-hybridized carbons (Fsp3) is 0.320. The van der Waals surface area contributed by atoms with Crippen LogP contribution in [-0.2, 0) is 9.47 Å². The van der Waals surface area contributed by atoms with Gasteiger partial charge in [0.25, 0.3) is 0 Å². The first-order valence-corrected chi connectivity index (χ1v) is 11.3. The van der Waals surface area contributed by atoms with Gasteiger partial charge in [-0.25, -0.2) is 19.5 Å². The number of pyridine rings is 1. The summed E-state index contributed by atoms with van der Waals surface area (Å²) in [4.78, 5) is 39.6. The molecule has 0 unspecified atom stereocenters. The number of nitrogens with zero attached hydrogens (tertiary/aromatic N) is 4. The van der Waals surface area contributed by atoms with Gasteiger partial charge in [-0.1, -0.05) is 17.7 Å². The lowest BCUT2D eigenvalue weighted by atomic mass is 10.2. The van der Waals surface area contributed by atoms with Gasteiger partial charge in [-0.3, -0.25) is 15.3 Å². The molecular weight excluding hydrogens is 470 g/mol. The van der Waals surface area contributed by atoms with Crippen molar-refractivity contribution in [3.05, 3.63) is 60.0 Å². The van der Waals surface area contributed by atoms with E-state index in [9.17, 15) is 9.59 Å². The van der Waals surface area contributed by atoms with Gasteiger partial charge in [0.2, 0.25) is 0 Å². The summed E-state index contributed by atoms with van der Waals surface area (Å²) in [6.07, 6.45) is 3.25. The molecule has 0 atom stereocenters. The first kappa shape index (κ1) is 25.9. The second-order valence-corrected chi connectivity index (χ2v) is 10.1. The molecule has 2 aromatic heterocycles. The average molecular weight is 498 g/mol. The fourth-order valence-electron chi connectivity index (χ4n) is 2.88. The van der Waals surface area contributed by atoms with Crippen LogP contribution in [0.4, 0.5) is 26.8 Å². The van der Waals surface area contributed by atoms with Gasteiger partial charge in [-0.15, -0.1) is 0 Å². The number of amides is 2. The van der Waals surface area contributed by atoms with Crippen LogP contribution in [-0.4, -0.2) is 38.3 Å². The highest BCUT2D eigenvalue weighted by Gasteiger charge is 2.27. The van der Waals surface area contributed by atoms with Gasteiger partial charge in [0.05, 0.1) is 35.7 Å². The number of aromatic nitrogens is 3. The summed E-state index contributed by atoms with van der Waals surface area (Å²) in [5, 5.41) is 3.08. The second kappa shape index (κ2) is 10.3.